The van der Waals surface area contributed by atoms with Crippen LogP contribution in [0.4, 0.5) is 0 Å². The van der Waals surface area contributed by atoms with E-state index in [1.54, 1.807) is 0 Å². The number of hydrogen-bond acceptors (Lipinski definition) is 3. The molecule has 0 bridgehead atoms. The molecule has 0 radical (unpaired) electrons. The van der Waals surface area contributed by atoms with E-state index in [2.05, 4.69) is 24.1 Å². The van der Waals surface area contributed by atoms with Crippen LogP contribution in [0.1, 0.15) is 46.0 Å². The Kier molecular flexibility index (Phi) is 4.28. The van der Waals surface area contributed by atoms with Gasteiger partial charge in [0.25, 0.3) is 0 Å². The van der Waals surface area contributed by atoms with E-state index >= 15 is 0 Å². The molecule has 1 unspecified atom stereocenters. The van der Waals surface area contributed by atoms with Crippen molar-refractivity contribution in [3.63, 3.8) is 0 Å². The SMILES string of the molecule is CC1(C)CN(CC(=O)NC2CCCC2)CCC1N. The minimum absolute atomic E-state index is 0.117. The number of rotatable bonds is 3. The lowest BCUT2D eigenvalue weighted by Gasteiger charge is -2.42. The van der Waals surface area contributed by atoms with Crippen LogP contribution in [0.3, 0.4) is 0 Å². The van der Waals surface area contributed by atoms with Crippen LogP contribution in [0.2, 0.25) is 0 Å². The highest BCUT2D eigenvalue weighted by molar-refractivity contribution is 5.78. The summed E-state index contributed by atoms with van der Waals surface area (Å²) in [5.74, 6) is 0.188. The van der Waals surface area contributed by atoms with Crippen molar-refractivity contribution in [3.05, 3.63) is 0 Å². The van der Waals surface area contributed by atoms with E-state index in [0.29, 0.717) is 12.6 Å². The maximum Gasteiger partial charge on any atom is 0.234 e. The fourth-order valence-corrected chi connectivity index (χ4v) is 3.17. The second-order valence-corrected chi connectivity index (χ2v) is 6.64. The Morgan fingerprint density at radius 3 is 2.61 bits per heavy atom. The average molecular weight is 253 g/mol. The van der Waals surface area contributed by atoms with E-state index in [9.17, 15) is 4.79 Å². The number of carbonyl (C=O) groups excluding carboxylic acids is 1. The Bertz CT molecular complexity index is 297. The van der Waals surface area contributed by atoms with Crippen LogP contribution in [-0.2, 0) is 4.79 Å². The topological polar surface area (TPSA) is 58.4 Å². The van der Waals surface area contributed by atoms with Crippen molar-refractivity contribution in [2.24, 2.45) is 11.1 Å². The zero-order valence-corrected chi connectivity index (χ0v) is 11.7. The molecule has 1 saturated heterocycles. The molecule has 2 rings (SSSR count). The number of nitrogens with one attached hydrogen (secondary N) is 1. The Morgan fingerprint density at radius 1 is 1.33 bits per heavy atom. The minimum Gasteiger partial charge on any atom is -0.352 e. The highest BCUT2D eigenvalue weighted by Crippen LogP contribution is 2.27. The minimum atomic E-state index is 0.117. The Morgan fingerprint density at radius 2 is 2.00 bits per heavy atom. The predicted octanol–water partition coefficient (Wildman–Crippen LogP) is 1.10. The summed E-state index contributed by atoms with van der Waals surface area (Å²) in [6.07, 6.45) is 5.82. The first kappa shape index (κ1) is 13.8. The van der Waals surface area contributed by atoms with Gasteiger partial charge in [-0.25, -0.2) is 0 Å². The molecule has 0 spiro atoms. The Labute approximate surface area is 110 Å². The molecule has 2 fully saturated rings. The summed E-state index contributed by atoms with van der Waals surface area (Å²) in [4.78, 5) is 14.2. The summed E-state index contributed by atoms with van der Waals surface area (Å²) in [5.41, 5.74) is 6.23. The number of hydrogen-bond donors (Lipinski definition) is 2. The van der Waals surface area contributed by atoms with Crippen molar-refractivity contribution in [1.82, 2.24) is 10.2 Å². The maximum absolute atomic E-state index is 12.0. The number of piperidine rings is 1. The van der Waals surface area contributed by atoms with Gasteiger partial charge in [0.1, 0.15) is 0 Å². The van der Waals surface area contributed by atoms with E-state index < -0.39 is 0 Å². The fourth-order valence-electron chi connectivity index (χ4n) is 3.17. The van der Waals surface area contributed by atoms with Crippen LogP contribution < -0.4 is 11.1 Å². The van der Waals surface area contributed by atoms with Crippen LogP contribution in [0, 0.1) is 5.41 Å². The summed E-state index contributed by atoms with van der Waals surface area (Å²) in [6.45, 7) is 6.79. The highest BCUT2D eigenvalue weighted by atomic mass is 16.2. The molecule has 3 N–H and O–H groups in total. The van der Waals surface area contributed by atoms with Gasteiger partial charge in [0, 0.05) is 25.2 Å². The lowest BCUT2D eigenvalue weighted by molar-refractivity contribution is -0.123. The number of amides is 1. The normalized spacial score (nSPS) is 29.4. The molecule has 2 aliphatic rings. The zero-order valence-electron chi connectivity index (χ0n) is 11.7. The van der Waals surface area contributed by atoms with Gasteiger partial charge < -0.3 is 11.1 Å². The van der Waals surface area contributed by atoms with Crippen LogP contribution in [-0.4, -0.2) is 42.5 Å². The van der Waals surface area contributed by atoms with Crippen LogP contribution >= 0.6 is 0 Å². The number of nitrogens with zero attached hydrogens (tertiary/aromatic N) is 1. The van der Waals surface area contributed by atoms with E-state index in [0.717, 1.165) is 32.4 Å². The van der Waals surface area contributed by atoms with E-state index in [1.165, 1.54) is 12.8 Å². The van der Waals surface area contributed by atoms with Gasteiger partial charge in [-0.2, -0.15) is 0 Å². The van der Waals surface area contributed by atoms with Crippen molar-refractivity contribution in [3.8, 4) is 0 Å². The molecule has 0 aromatic rings. The first-order chi connectivity index (χ1) is 8.47. The second-order valence-electron chi connectivity index (χ2n) is 6.64. The van der Waals surface area contributed by atoms with Crippen molar-refractivity contribution in [2.45, 2.75) is 58.0 Å². The van der Waals surface area contributed by atoms with Gasteiger partial charge in [0.05, 0.1) is 6.54 Å². The van der Waals surface area contributed by atoms with Gasteiger partial charge in [-0.05, 0) is 24.7 Å². The molecule has 4 nitrogen and oxygen atoms in total. The molecule has 1 aliphatic carbocycles. The largest absolute Gasteiger partial charge is 0.352 e. The highest BCUT2D eigenvalue weighted by Gasteiger charge is 2.34. The average Bonchev–Trinajstić information content (AvgIpc) is 2.75. The molecule has 1 amide bonds. The Hall–Kier alpha value is -0.610. The first-order valence-corrected chi connectivity index (χ1v) is 7.25. The number of nitrogens with two attached hydrogens (primary N) is 1. The molecule has 0 aromatic heterocycles. The maximum atomic E-state index is 12.0. The van der Waals surface area contributed by atoms with Gasteiger partial charge in [-0.1, -0.05) is 26.7 Å². The summed E-state index contributed by atoms with van der Waals surface area (Å²) in [5, 5.41) is 3.15. The van der Waals surface area contributed by atoms with Gasteiger partial charge in [0.15, 0.2) is 0 Å². The van der Waals surface area contributed by atoms with E-state index in [1.807, 2.05) is 0 Å². The van der Waals surface area contributed by atoms with Crippen LogP contribution in [0.25, 0.3) is 0 Å². The molecule has 104 valence electrons. The van der Waals surface area contributed by atoms with E-state index in [-0.39, 0.29) is 17.4 Å². The molecule has 18 heavy (non-hydrogen) atoms. The van der Waals surface area contributed by atoms with Crippen LogP contribution in [0.15, 0.2) is 0 Å². The quantitative estimate of drug-likeness (QED) is 0.792. The van der Waals surface area contributed by atoms with Gasteiger partial charge in [-0.3, -0.25) is 9.69 Å². The standard InChI is InChI=1S/C14H27N3O/c1-14(2)10-17(8-7-12(14)15)9-13(18)16-11-5-3-4-6-11/h11-12H,3-10,15H2,1-2H3,(H,16,18). The molecule has 1 atom stereocenters. The second kappa shape index (κ2) is 5.57. The molecule has 4 heteroatoms. The van der Waals surface area contributed by atoms with Gasteiger partial charge in [0.2, 0.25) is 5.91 Å². The molecule has 1 saturated carbocycles. The lowest BCUT2D eigenvalue weighted by atomic mass is 9.80. The summed E-state index contributed by atoms with van der Waals surface area (Å²) in [7, 11) is 0. The van der Waals surface area contributed by atoms with E-state index in [4.69, 9.17) is 5.73 Å². The molecular weight excluding hydrogens is 226 g/mol. The smallest absolute Gasteiger partial charge is 0.234 e. The third-order valence-corrected chi connectivity index (χ3v) is 4.48. The van der Waals surface area contributed by atoms with Gasteiger partial charge >= 0.3 is 0 Å². The predicted molar refractivity (Wildman–Crippen MR) is 73.2 cm³/mol. The van der Waals surface area contributed by atoms with Crippen molar-refractivity contribution < 1.29 is 4.79 Å². The third kappa shape index (κ3) is 3.45. The van der Waals surface area contributed by atoms with Gasteiger partial charge in [-0.15, -0.1) is 0 Å². The lowest BCUT2D eigenvalue weighted by Crippen LogP contribution is -2.54. The Balaban J connectivity index is 1.77. The molecule has 0 aromatic carbocycles. The number of likely N-dealkylation sites (tertiary alicyclic amines) is 1. The van der Waals surface area contributed by atoms with Crippen molar-refractivity contribution >= 4 is 5.91 Å². The monoisotopic (exact) mass is 253 g/mol. The summed E-state index contributed by atoms with van der Waals surface area (Å²) in [6, 6.07) is 0.684. The van der Waals surface area contributed by atoms with Crippen molar-refractivity contribution in [1.29, 1.82) is 0 Å². The van der Waals surface area contributed by atoms with Crippen molar-refractivity contribution in [2.75, 3.05) is 19.6 Å². The first-order valence-electron chi connectivity index (χ1n) is 7.25. The number of carbonyl (C=O) groups is 1. The zero-order chi connectivity index (χ0) is 13.2. The third-order valence-electron chi connectivity index (χ3n) is 4.48. The fraction of sp³-hybridized carbons (Fsp3) is 0.929. The summed E-state index contributed by atoms with van der Waals surface area (Å²) >= 11 is 0. The van der Waals surface area contributed by atoms with Crippen LogP contribution in [0.5, 0.6) is 0 Å². The molecular formula is C14H27N3O. The molecule has 1 heterocycles. The summed E-state index contributed by atoms with van der Waals surface area (Å²) < 4.78 is 0. The molecule has 1 aliphatic heterocycles.